The fourth-order valence-corrected chi connectivity index (χ4v) is 3.90. The van der Waals surface area contributed by atoms with Gasteiger partial charge in [-0.15, -0.1) is 6.42 Å². The van der Waals surface area contributed by atoms with Crippen molar-refractivity contribution in [1.29, 1.82) is 0 Å². The Kier molecular flexibility index (Phi) is 3.97. The van der Waals surface area contributed by atoms with E-state index in [1.165, 1.54) is 0 Å². The molecule has 2 unspecified atom stereocenters. The minimum atomic E-state index is -2.96. The Morgan fingerprint density at radius 3 is 2.79 bits per heavy atom. The van der Waals surface area contributed by atoms with Crippen LogP contribution >= 0.6 is 0 Å². The van der Waals surface area contributed by atoms with Crippen molar-refractivity contribution >= 4 is 9.84 Å². The molecule has 2 atom stereocenters. The van der Waals surface area contributed by atoms with E-state index in [1.807, 2.05) is 6.92 Å². The van der Waals surface area contributed by atoms with Crippen molar-refractivity contribution in [2.75, 3.05) is 12.3 Å². The van der Waals surface area contributed by atoms with Gasteiger partial charge in [0, 0.05) is 0 Å². The van der Waals surface area contributed by atoms with Gasteiger partial charge in [-0.25, -0.2) is 8.42 Å². The highest BCUT2D eigenvalue weighted by Crippen LogP contribution is 2.22. The summed E-state index contributed by atoms with van der Waals surface area (Å²) in [5.41, 5.74) is 0. The number of hydrogen-bond acceptors (Lipinski definition) is 3. The fraction of sp³-hybridized carbons (Fsp3) is 0.800. The highest BCUT2D eigenvalue weighted by atomic mass is 32.2. The van der Waals surface area contributed by atoms with Crippen molar-refractivity contribution < 1.29 is 8.42 Å². The SMILES string of the molecule is C#CC(NCC)C1CCCCS1(=O)=O. The van der Waals surface area contributed by atoms with Gasteiger partial charge in [-0.1, -0.05) is 19.3 Å². The summed E-state index contributed by atoms with van der Waals surface area (Å²) in [5.74, 6) is 2.83. The Hall–Kier alpha value is -0.530. The van der Waals surface area contributed by atoms with Crippen molar-refractivity contribution in [3.05, 3.63) is 0 Å². The predicted octanol–water partition coefficient (Wildman–Crippen LogP) is 0.565. The number of rotatable bonds is 3. The van der Waals surface area contributed by atoms with Gasteiger partial charge < -0.3 is 5.32 Å². The Balaban J connectivity index is 2.78. The minimum Gasteiger partial charge on any atom is -0.303 e. The van der Waals surface area contributed by atoms with Crippen LogP contribution in [0.25, 0.3) is 0 Å². The Morgan fingerprint density at radius 1 is 1.57 bits per heavy atom. The van der Waals surface area contributed by atoms with E-state index in [2.05, 4.69) is 11.2 Å². The van der Waals surface area contributed by atoms with E-state index in [9.17, 15) is 8.42 Å². The lowest BCUT2D eigenvalue weighted by Gasteiger charge is -2.27. The maximum atomic E-state index is 11.7. The molecule has 0 radical (unpaired) electrons. The molecular weight excluding hydrogens is 198 g/mol. The average Bonchev–Trinajstić information content (AvgIpc) is 2.14. The number of nitrogens with one attached hydrogen (secondary N) is 1. The first-order valence-corrected chi connectivity index (χ1v) is 6.74. The summed E-state index contributed by atoms with van der Waals surface area (Å²) >= 11 is 0. The molecule has 0 saturated carbocycles. The second-order valence-electron chi connectivity index (χ2n) is 3.60. The van der Waals surface area contributed by atoms with Gasteiger partial charge in [0.05, 0.1) is 17.0 Å². The van der Waals surface area contributed by atoms with Gasteiger partial charge in [-0.05, 0) is 19.4 Å². The predicted molar refractivity (Wildman–Crippen MR) is 57.7 cm³/mol. The normalized spacial score (nSPS) is 27.9. The molecule has 0 aromatic rings. The highest BCUT2D eigenvalue weighted by Gasteiger charge is 2.34. The van der Waals surface area contributed by atoms with Crippen molar-refractivity contribution in [3.63, 3.8) is 0 Å². The zero-order chi connectivity index (χ0) is 10.6. The summed E-state index contributed by atoms with van der Waals surface area (Å²) < 4.78 is 23.4. The van der Waals surface area contributed by atoms with E-state index in [-0.39, 0.29) is 11.3 Å². The summed E-state index contributed by atoms with van der Waals surface area (Å²) in [7, 11) is -2.96. The molecule has 80 valence electrons. The first-order valence-electron chi connectivity index (χ1n) is 5.03. The Morgan fingerprint density at radius 2 is 2.29 bits per heavy atom. The fourth-order valence-electron chi connectivity index (χ4n) is 1.87. The lowest BCUT2D eigenvalue weighted by Crippen LogP contribution is -2.45. The van der Waals surface area contributed by atoms with Gasteiger partial charge in [0.1, 0.15) is 0 Å². The van der Waals surface area contributed by atoms with E-state index in [0.29, 0.717) is 18.7 Å². The summed E-state index contributed by atoms with van der Waals surface area (Å²) in [6, 6.07) is -0.315. The zero-order valence-corrected chi connectivity index (χ0v) is 9.31. The molecule has 0 spiro atoms. The lowest BCUT2D eigenvalue weighted by atomic mass is 10.1. The molecule has 1 heterocycles. The molecule has 0 amide bonds. The minimum absolute atomic E-state index is 0.293. The first kappa shape index (κ1) is 11.5. The summed E-state index contributed by atoms with van der Waals surface area (Å²) in [6.45, 7) is 2.64. The molecule has 3 nitrogen and oxygen atoms in total. The molecule has 0 bridgehead atoms. The molecule has 1 saturated heterocycles. The van der Waals surface area contributed by atoms with Gasteiger partial charge in [0.2, 0.25) is 0 Å². The van der Waals surface area contributed by atoms with Gasteiger partial charge in [-0.2, -0.15) is 0 Å². The quantitative estimate of drug-likeness (QED) is 0.700. The van der Waals surface area contributed by atoms with Crippen LogP contribution in [0, 0.1) is 12.3 Å². The van der Waals surface area contributed by atoms with E-state index < -0.39 is 9.84 Å². The monoisotopic (exact) mass is 215 g/mol. The molecule has 1 rings (SSSR count). The van der Waals surface area contributed by atoms with E-state index >= 15 is 0 Å². The van der Waals surface area contributed by atoms with Gasteiger partial charge in [0.15, 0.2) is 9.84 Å². The molecule has 0 aliphatic carbocycles. The number of terminal acetylenes is 1. The van der Waals surface area contributed by atoms with Crippen LogP contribution in [0.2, 0.25) is 0 Å². The second-order valence-corrected chi connectivity index (χ2v) is 5.94. The maximum absolute atomic E-state index is 11.7. The van der Waals surface area contributed by atoms with Crippen LogP contribution < -0.4 is 5.32 Å². The molecule has 0 aromatic carbocycles. The van der Waals surface area contributed by atoms with Crippen molar-refractivity contribution in [2.45, 2.75) is 37.5 Å². The molecule has 0 aromatic heterocycles. The Labute approximate surface area is 86.2 Å². The second kappa shape index (κ2) is 4.81. The summed E-state index contributed by atoms with van der Waals surface area (Å²) in [4.78, 5) is 0. The van der Waals surface area contributed by atoms with Gasteiger partial charge in [0.25, 0.3) is 0 Å². The molecule has 1 N–H and O–H groups in total. The van der Waals surface area contributed by atoms with Crippen LogP contribution in [0.3, 0.4) is 0 Å². The molecule has 1 aliphatic rings. The van der Waals surface area contributed by atoms with Crippen molar-refractivity contribution in [2.24, 2.45) is 0 Å². The smallest absolute Gasteiger partial charge is 0.155 e. The maximum Gasteiger partial charge on any atom is 0.155 e. The van der Waals surface area contributed by atoms with Gasteiger partial charge >= 0.3 is 0 Å². The lowest BCUT2D eigenvalue weighted by molar-refractivity contribution is 0.493. The average molecular weight is 215 g/mol. The molecule has 4 heteroatoms. The van der Waals surface area contributed by atoms with E-state index in [1.54, 1.807) is 0 Å². The molecule has 1 aliphatic heterocycles. The van der Waals surface area contributed by atoms with Gasteiger partial charge in [-0.3, -0.25) is 0 Å². The van der Waals surface area contributed by atoms with Crippen LogP contribution in [0.5, 0.6) is 0 Å². The van der Waals surface area contributed by atoms with Crippen LogP contribution in [-0.4, -0.2) is 32.0 Å². The number of sulfone groups is 1. The van der Waals surface area contributed by atoms with Crippen LogP contribution in [0.1, 0.15) is 26.2 Å². The van der Waals surface area contributed by atoms with Crippen LogP contribution in [0.15, 0.2) is 0 Å². The highest BCUT2D eigenvalue weighted by molar-refractivity contribution is 7.92. The van der Waals surface area contributed by atoms with Crippen molar-refractivity contribution in [1.82, 2.24) is 5.32 Å². The molecule has 1 fully saturated rings. The number of hydrogen-bond donors (Lipinski definition) is 1. The summed E-state index contributed by atoms with van der Waals surface area (Å²) in [5, 5.41) is 2.67. The topological polar surface area (TPSA) is 46.2 Å². The zero-order valence-electron chi connectivity index (χ0n) is 8.49. The Bertz CT molecular complexity index is 316. The van der Waals surface area contributed by atoms with E-state index in [4.69, 9.17) is 6.42 Å². The third-order valence-electron chi connectivity index (χ3n) is 2.60. The molecular formula is C10H17NO2S. The first-order chi connectivity index (χ1) is 6.61. The van der Waals surface area contributed by atoms with Crippen LogP contribution in [-0.2, 0) is 9.84 Å². The standard InChI is InChI=1S/C10H17NO2S/c1-3-9(11-4-2)10-7-5-6-8-14(10,12)13/h1,9-11H,4-8H2,2H3. The van der Waals surface area contributed by atoms with E-state index in [0.717, 1.165) is 12.8 Å². The third-order valence-corrected chi connectivity index (χ3v) is 4.89. The summed E-state index contributed by atoms with van der Waals surface area (Å²) in [6.07, 6.45) is 7.78. The van der Waals surface area contributed by atoms with Crippen LogP contribution in [0.4, 0.5) is 0 Å². The largest absolute Gasteiger partial charge is 0.303 e. The third kappa shape index (κ3) is 2.49. The van der Waals surface area contributed by atoms with Crippen molar-refractivity contribution in [3.8, 4) is 12.3 Å². The molecule has 14 heavy (non-hydrogen) atoms.